The van der Waals surface area contributed by atoms with E-state index in [1.54, 1.807) is 14.2 Å². The summed E-state index contributed by atoms with van der Waals surface area (Å²) in [4.78, 5) is 0. The van der Waals surface area contributed by atoms with E-state index in [4.69, 9.17) is 13.6 Å². The van der Waals surface area contributed by atoms with E-state index in [2.05, 4.69) is 50.4 Å². The fourth-order valence-corrected chi connectivity index (χ4v) is 13.5. The third-order valence-corrected chi connectivity index (χ3v) is 14.8. The molecule has 0 aromatic heterocycles. The molecule has 0 spiro atoms. The first-order chi connectivity index (χ1) is 9.02. The minimum atomic E-state index is -2.00. The zero-order chi connectivity index (χ0) is 16.0. The molecule has 0 aliphatic carbocycles. The highest BCUT2D eigenvalue weighted by Crippen LogP contribution is 2.20. The summed E-state index contributed by atoms with van der Waals surface area (Å²) < 4.78 is 19.9. The molecule has 0 amide bonds. The molecule has 0 fully saturated rings. The smallest absolute Gasteiger partial charge is 0.339 e. The highest BCUT2D eigenvalue weighted by molar-refractivity contribution is 6.89. The maximum absolute atomic E-state index is 5.98. The zero-order valence-corrected chi connectivity index (χ0v) is 18.0. The summed E-state index contributed by atoms with van der Waals surface area (Å²) in [5.41, 5.74) is 0. The molecular weight excluding hydrogens is 302 g/mol. The van der Waals surface area contributed by atoms with Gasteiger partial charge in [-0.05, 0) is 6.04 Å². The highest BCUT2D eigenvalue weighted by Gasteiger charge is 2.35. The average Bonchev–Trinajstić information content (AvgIpc) is 2.31. The molecule has 0 bridgehead atoms. The molecule has 0 N–H and O–H groups in total. The fourth-order valence-electron chi connectivity index (χ4n) is 2.53. The average molecular weight is 338 g/mol. The lowest BCUT2D eigenvalue weighted by Gasteiger charge is -2.43. The van der Waals surface area contributed by atoms with E-state index >= 15 is 0 Å². The van der Waals surface area contributed by atoms with Gasteiger partial charge in [-0.1, -0.05) is 46.2 Å². The maximum Gasteiger partial charge on any atom is 0.339 e. The normalized spacial score (nSPS) is 14.1. The molecule has 7 heteroatoms. The molecule has 0 rings (SSSR count). The van der Waals surface area contributed by atoms with Gasteiger partial charge < -0.3 is 17.8 Å². The quantitative estimate of drug-likeness (QED) is 0.346. The summed E-state index contributed by atoms with van der Waals surface area (Å²) in [6, 6.07) is 1.87. The van der Waals surface area contributed by atoms with Crippen LogP contribution in [0.25, 0.3) is 0 Å². The van der Waals surface area contributed by atoms with Crippen LogP contribution in [0.15, 0.2) is 0 Å². The molecule has 0 radical (unpaired) electrons. The third kappa shape index (κ3) is 6.50. The third-order valence-electron chi connectivity index (χ3n) is 3.75. The Balaban J connectivity index is 4.40. The van der Waals surface area contributed by atoms with E-state index < -0.39 is 25.0 Å². The summed E-state index contributed by atoms with van der Waals surface area (Å²) in [6.45, 7) is 18.0. The van der Waals surface area contributed by atoms with Gasteiger partial charge >= 0.3 is 8.56 Å². The fraction of sp³-hybridized carbons (Fsp3) is 1.00. The van der Waals surface area contributed by atoms with Crippen LogP contribution in [0.2, 0.25) is 51.4 Å². The van der Waals surface area contributed by atoms with Crippen molar-refractivity contribution in [2.24, 2.45) is 0 Å². The molecule has 0 aromatic rings. The summed E-state index contributed by atoms with van der Waals surface area (Å²) in [6.07, 6.45) is 0. The standard InChI is InChI=1S/C13H35NO3Si3/c1-10-20(15-2,16-3)12-11-17-13-14(18(4,5)6)19(7,8)9/h10-13H2,1-9H3. The Morgan fingerprint density at radius 1 is 0.850 bits per heavy atom. The highest BCUT2D eigenvalue weighted by atomic mass is 28.4. The van der Waals surface area contributed by atoms with Gasteiger partial charge in [-0.15, -0.1) is 0 Å². The maximum atomic E-state index is 5.98. The van der Waals surface area contributed by atoms with Crippen molar-refractivity contribution in [1.82, 2.24) is 4.23 Å². The van der Waals surface area contributed by atoms with Crippen LogP contribution in [0.3, 0.4) is 0 Å². The van der Waals surface area contributed by atoms with Gasteiger partial charge in [-0.3, -0.25) is 0 Å². The Bertz CT molecular complexity index is 251. The summed E-state index contributed by atoms with van der Waals surface area (Å²) in [5, 5.41) is 0. The van der Waals surface area contributed by atoms with Crippen molar-refractivity contribution in [3.05, 3.63) is 0 Å². The summed E-state index contributed by atoms with van der Waals surface area (Å²) in [5.74, 6) is 0. The van der Waals surface area contributed by atoms with Gasteiger partial charge in [0.25, 0.3) is 0 Å². The molecular formula is C13H35NO3Si3. The molecule has 0 heterocycles. The molecule has 0 saturated heterocycles. The first kappa shape index (κ1) is 20.5. The predicted octanol–water partition coefficient (Wildman–Crippen LogP) is 3.69. The number of nitrogens with zero attached hydrogens (tertiary/aromatic N) is 1. The first-order valence-electron chi connectivity index (χ1n) is 7.48. The van der Waals surface area contributed by atoms with E-state index in [1.165, 1.54) is 0 Å². The molecule has 0 atom stereocenters. The second-order valence-corrected chi connectivity index (χ2v) is 21.3. The second kappa shape index (κ2) is 8.21. The lowest BCUT2D eigenvalue weighted by atomic mass is 10.8. The van der Waals surface area contributed by atoms with Gasteiger partial charge in [0.2, 0.25) is 0 Å². The number of hydrogen-bond donors (Lipinski definition) is 0. The van der Waals surface area contributed by atoms with Crippen molar-refractivity contribution in [1.29, 1.82) is 0 Å². The van der Waals surface area contributed by atoms with Crippen LogP contribution in [0.5, 0.6) is 0 Å². The minimum Gasteiger partial charge on any atom is -0.398 e. The van der Waals surface area contributed by atoms with Crippen LogP contribution in [0.4, 0.5) is 0 Å². The Hall–Kier alpha value is 0.491. The zero-order valence-electron chi connectivity index (χ0n) is 15.0. The van der Waals surface area contributed by atoms with Crippen molar-refractivity contribution < 1.29 is 13.6 Å². The van der Waals surface area contributed by atoms with E-state index in [-0.39, 0.29) is 0 Å². The van der Waals surface area contributed by atoms with Gasteiger partial charge in [0.05, 0.1) is 13.3 Å². The van der Waals surface area contributed by atoms with E-state index in [0.717, 1.165) is 25.4 Å². The van der Waals surface area contributed by atoms with Crippen LogP contribution < -0.4 is 0 Å². The molecule has 0 unspecified atom stereocenters. The Morgan fingerprint density at radius 3 is 1.60 bits per heavy atom. The van der Waals surface area contributed by atoms with Gasteiger partial charge in [0.1, 0.15) is 16.5 Å². The van der Waals surface area contributed by atoms with Crippen molar-refractivity contribution in [3.63, 3.8) is 0 Å². The van der Waals surface area contributed by atoms with E-state index in [9.17, 15) is 0 Å². The minimum absolute atomic E-state index is 0.729. The molecule has 0 aromatic carbocycles. The van der Waals surface area contributed by atoms with Crippen LogP contribution in [0.1, 0.15) is 6.92 Å². The van der Waals surface area contributed by atoms with Gasteiger partial charge in [0, 0.05) is 20.3 Å². The van der Waals surface area contributed by atoms with Gasteiger partial charge in [-0.25, -0.2) is 0 Å². The van der Waals surface area contributed by atoms with Crippen molar-refractivity contribution in [2.45, 2.75) is 58.3 Å². The molecule has 0 saturated carbocycles. The molecule has 20 heavy (non-hydrogen) atoms. The topological polar surface area (TPSA) is 30.9 Å². The molecule has 4 nitrogen and oxygen atoms in total. The Morgan fingerprint density at radius 2 is 1.30 bits per heavy atom. The Labute approximate surface area is 129 Å². The van der Waals surface area contributed by atoms with Gasteiger partial charge in [-0.2, -0.15) is 0 Å². The summed E-state index contributed by atoms with van der Waals surface area (Å²) >= 11 is 0. The van der Waals surface area contributed by atoms with Crippen molar-refractivity contribution in [2.75, 3.05) is 27.6 Å². The number of ether oxygens (including phenoxy) is 1. The van der Waals surface area contributed by atoms with Gasteiger partial charge in [0.15, 0.2) is 0 Å². The predicted molar refractivity (Wildman–Crippen MR) is 94.4 cm³/mol. The van der Waals surface area contributed by atoms with E-state index in [1.807, 2.05) is 0 Å². The van der Waals surface area contributed by atoms with Crippen molar-refractivity contribution >= 4 is 25.0 Å². The van der Waals surface area contributed by atoms with Crippen LogP contribution in [-0.2, 0) is 13.6 Å². The summed E-state index contributed by atoms with van der Waals surface area (Å²) in [7, 11) is -1.13. The first-order valence-corrected chi connectivity index (χ1v) is 16.6. The van der Waals surface area contributed by atoms with Crippen molar-refractivity contribution in [3.8, 4) is 0 Å². The van der Waals surface area contributed by atoms with Crippen LogP contribution >= 0.6 is 0 Å². The lowest BCUT2D eigenvalue weighted by molar-refractivity contribution is 0.0968. The van der Waals surface area contributed by atoms with Crippen LogP contribution in [0, 0.1) is 0 Å². The SMILES string of the molecule is CC[Si](CCOCN([Si](C)(C)C)[Si](C)(C)C)(OC)OC. The molecule has 0 aliphatic rings. The monoisotopic (exact) mass is 337 g/mol. The molecule has 0 aliphatic heterocycles. The molecule has 122 valence electrons. The largest absolute Gasteiger partial charge is 0.398 e. The van der Waals surface area contributed by atoms with E-state index in [0.29, 0.717) is 0 Å². The second-order valence-electron chi connectivity index (χ2n) is 7.23. The van der Waals surface area contributed by atoms with Crippen LogP contribution in [-0.4, -0.2) is 56.8 Å². The number of hydrogen-bond acceptors (Lipinski definition) is 4. The number of rotatable bonds is 10. The lowest BCUT2D eigenvalue weighted by Crippen LogP contribution is -2.59. The Kier molecular flexibility index (Phi) is 8.41.